The highest BCUT2D eigenvalue weighted by molar-refractivity contribution is 7.99. The van der Waals surface area contributed by atoms with E-state index in [1.807, 2.05) is 19.9 Å². The number of nitrogens with zero attached hydrogens (tertiary/aromatic N) is 1. The first-order chi connectivity index (χ1) is 7.56. The number of carboxylic acid groups (broad SMARTS) is 1. The van der Waals surface area contributed by atoms with Crippen LogP contribution in [0.15, 0.2) is 17.3 Å². The number of benzene rings is 1. The summed E-state index contributed by atoms with van der Waals surface area (Å²) in [4.78, 5) is 17.9. The number of carboxylic acids is 1. The van der Waals surface area contributed by atoms with E-state index < -0.39 is 5.97 Å². The lowest BCUT2D eigenvalue weighted by atomic mass is 10.1. The van der Waals surface area contributed by atoms with E-state index in [9.17, 15) is 4.79 Å². The summed E-state index contributed by atoms with van der Waals surface area (Å²) in [7, 11) is 0. The number of carbonyl (C=O) groups is 1. The van der Waals surface area contributed by atoms with Crippen LogP contribution in [0.4, 0.5) is 0 Å². The van der Waals surface area contributed by atoms with Crippen LogP contribution in [-0.2, 0) is 4.79 Å². The Bertz CT molecular complexity index is 548. The van der Waals surface area contributed by atoms with Gasteiger partial charge in [-0.3, -0.25) is 4.79 Å². The van der Waals surface area contributed by atoms with E-state index in [2.05, 4.69) is 16.0 Å². The summed E-state index contributed by atoms with van der Waals surface area (Å²) < 4.78 is 0. The number of rotatable bonds is 3. The molecule has 0 amide bonds. The van der Waals surface area contributed by atoms with Gasteiger partial charge >= 0.3 is 5.97 Å². The van der Waals surface area contributed by atoms with Crippen molar-refractivity contribution >= 4 is 28.8 Å². The van der Waals surface area contributed by atoms with Crippen LogP contribution in [0.1, 0.15) is 11.1 Å². The van der Waals surface area contributed by atoms with Crippen molar-refractivity contribution in [3.05, 3.63) is 23.3 Å². The van der Waals surface area contributed by atoms with Gasteiger partial charge in [0.05, 0.1) is 16.8 Å². The number of aryl methyl sites for hydroxylation is 2. The number of hydrogen-bond acceptors (Lipinski definition) is 3. The standard InChI is InChI=1S/C11H12N2O2S/c1-6-3-7(2)10-8(4-6)12-11(13-10)16-5-9(14)15/h3-4H,5H2,1-2H3,(H,12,13)(H,14,15). The van der Waals surface area contributed by atoms with Gasteiger partial charge in [0.1, 0.15) is 0 Å². The minimum atomic E-state index is -0.835. The molecule has 0 aliphatic rings. The molecule has 0 aliphatic carbocycles. The summed E-state index contributed by atoms with van der Waals surface area (Å²) in [5.74, 6) is -0.809. The molecule has 2 N–H and O–H groups in total. The Kier molecular flexibility index (Phi) is 2.87. The highest BCUT2D eigenvalue weighted by atomic mass is 32.2. The van der Waals surface area contributed by atoms with Gasteiger partial charge in [-0.15, -0.1) is 0 Å². The molecule has 0 unspecified atom stereocenters. The molecule has 0 saturated heterocycles. The molecule has 0 bridgehead atoms. The summed E-state index contributed by atoms with van der Waals surface area (Å²) >= 11 is 1.20. The van der Waals surface area contributed by atoms with Crippen molar-refractivity contribution in [1.82, 2.24) is 9.97 Å². The average Bonchev–Trinajstić information content (AvgIpc) is 2.57. The van der Waals surface area contributed by atoms with E-state index in [-0.39, 0.29) is 5.75 Å². The van der Waals surface area contributed by atoms with E-state index in [0.717, 1.165) is 16.6 Å². The summed E-state index contributed by atoms with van der Waals surface area (Å²) in [6.07, 6.45) is 0. The number of H-pyrrole nitrogens is 1. The van der Waals surface area contributed by atoms with Gasteiger partial charge in [0, 0.05) is 0 Å². The van der Waals surface area contributed by atoms with Gasteiger partial charge in [0.2, 0.25) is 0 Å². The first-order valence-electron chi connectivity index (χ1n) is 4.88. The van der Waals surface area contributed by atoms with E-state index >= 15 is 0 Å². The fraction of sp³-hybridized carbons (Fsp3) is 0.273. The average molecular weight is 236 g/mol. The molecule has 1 aromatic carbocycles. The molecular weight excluding hydrogens is 224 g/mol. The topological polar surface area (TPSA) is 66.0 Å². The van der Waals surface area contributed by atoms with Crippen molar-refractivity contribution in [1.29, 1.82) is 0 Å². The van der Waals surface area contributed by atoms with Crippen LogP contribution in [0.5, 0.6) is 0 Å². The number of fused-ring (bicyclic) bond motifs is 1. The second kappa shape index (κ2) is 4.17. The van der Waals surface area contributed by atoms with Crippen LogP contribution in [0.2, 0.25) is 0 Å². The summed E-state index contributed by atoms with van der Waals surface area (Å²) in [5, 5.41) is 9.24. The summed E-state index contributed by atoms with van der Waals surface area (Å²) in [5.41, 5.74) is 4.15. The second-order valence-electron chi connectivity index (χ2n) is 3.70. The molecule has 0 aliphatic heterocycles. The van der Waals surface area contributed by atoms with Crippen molar-refractivity contribution in [2.75, 3.05) is 5.75 Å². The third kappa shape index (κ3) is 2.19. The van der Waals surface area contributed by atoms with Gasteiger partial charge in [-0.05, 0) is 31.0 Å². The molecule has 84 valence electrons. The maximum Gasteiger partial charge on any atom is 0.313 e. The van der Waals surface area contributed by atoms with Crippen molar-refractivity contribution in [3.63, 3.8) is 0 Å². The van der Waals surface area contributed by atoms with Gasteiger partial charge in [-0.2, -0.15) is 0 Å². The maximum atomic E-state index is 10.4. The van der Waals surface area contributed by atoms with Crippen LogP contribution in [0.25, 0.3) is 11.0 Å². The predicted molar refractivity (Wildman–Crippen MR) is 63.9 cm³/mol. The first kappa shape index (κ1) is 11.0. The lowest BCUT2D eigenvalue weighted by molar-refractivity contribution is -0.133. The number of thioether (sulfide) groups is 1. The first-order valence-corrected chi connectivity index (χ1v) is 5.86. The Labute approximate surface area is 97.1 Å². The maximum absolute atomic E-state index is 10.4. The second-order valence-corrected chi connectivity index (χ2v) is 4.67. The van der Waals surface area contributed by atoms with Crippen LogP contribution in [-0.4, -0.2) is 26.8 Å². The molecule has 1 heterocycles. The predicted octanol–water partition coefficient (Wildman–Crippen LogP) is 2.36. The number of aromatic amines is 1. The highest BCUT2D eigenvalue weighted by Crippen LogP contribution is 2.22. The summed E-state index contributed by atoms with van der Waals surface area (Å²) in [6, 6.07) is 4.08. The zero-order valence-electron chi connectivity index (χ0n) is 9.07. The van der Waals surface area contributed by atoms with E-state index in [4.69, 9.17) is 5.11 Å². The van der Waals surface area contributed by atoms with E-state index in [0.29, 0.717) is 5.16 Å². The Morgan fingerprint density at radius 1 is 1.50 bits per heavy atom. The molecule has 5 heteroatoms. The molecule has 0 radical (unpaired) electrons. The molecular formula is C11H12N2O2S. The van der Waals surface area contributed by atoms with E-state index in [1.165, 1.54) is 17.3 Å². The van der Waals surface area contributed by atoms with Crippen LogP contribution >= 0.6 is 11.8 Å². The summed E-state index contributed by atoms with van der Waals surface area (Å²) in [6.45, 7) is 4.03. The van der Waals surface area contributed by atoms with Crippen molar-refractivity contribution in [2.45, 2.75) is 19.0 Å². The fourth-order valence-electron chi connectivity index (χ4n) is 1.65. The van der Waals surface area contributed by atoms with Crippen LogP contribution in [0.3, 0.4) is 0 Å². The van der Waals surface area contributed by atoms with Gasteiger partial charge < -0.3 is 10.1 Å². The fourth-order valence-corrected chi connectivity index (χ4v) is 2.24. The molecule has 16 heavy (non-hydrogen) atoms. The minimum absolute atomic E-state index is 0.0256. The third-order valence-electron chi connectivity index (χ3n) is 2.23. The van der Waals surface area contributed by atoms with Gasteiger partial charge in [-0.25, -0.2) is 4.98 Å². The molecule has 2 rings (SSSR count). The Morgan fingerprint density at radius 3 is 2.94 bits per heavy atom. The van der Waals surface area contributed by atoms with Gasteiger partial charge in [-0.1, -0.05) is 17.8 Å². The number of aliphatic carboxylic acids is 1. The molecule has 0 spiro atoms. The molecule has 0 fully saturated rings. The van der Waals surface area contributed by atoms with Gasteiger partial charge in [0.25, 0.3) is 0 Å². The zero-order valence-corrected chi connectivity index (χ0v) is 9.89. The SMILES string of the molecule is Cc1cc(C)c2nc(SCC(=O)O)[nH]c2c1. The number of aromatic nitrogens is 2. The zero-order chi connectivity index (χ0) is 11.7. The Morgan fingerprint density at radius 2 is 2.25 bits per heavy atom. The van der Waals surface area contributed by atoms with Crippen LogP contribution < -0.4 is 0 Å². The van der Waals surface area contributed by atoms with Crippen molar-refractivity contribution < 1.29 is 9.90 Å². The monoisotopic (exact) mass is 236 g/mol. The smallest absolute Gasteiger partial charge is 0.313 e. The Hall–Kier alpha value is -1.49. The lowest BCUT2D eigenvalue weighted by Crippen LogP contribution is -1.97. The quantitative estimate of drug-likeness (QED) is 0.803. The molecule has 1 aromatic heterocycles. The number of hydrogen-bond donors (Lipinski definition) is 2. The molecule has 2 aromatic rings. The molecule has 4 nitrogen and oxygen atoms in total. The molecule has 0 atom stereocenters. The number of nitrogens with one attached hydrogen (secondary N) is 1. The normalized spacial score (nSPS) is 10.9. The Balaban J connectivity index is 2.36. The van der Waals surface area contributed by atoms with Gasteiger partial charge in [0.15, 0.2) is 5.16 Å². The van der Waals surface area contributed by atoms with Crippen molar-refractivity contribution in [3.8, 4) is 0 Å². The van der Waals surface area contributed by atoms with E-state index in [1.54, 1.807) is 0 Å². The van der Waals surface area contributed by atoms with Crippen LogP contribution in [0, 0.1) is 13.8 Å². The third-order valence-corrected chi connectivity index (χ3v) is 3.09. The minimum Gasteiger partial charge on any atom is -0.481 e. The van der Waals surface area contributed by atoms with Crippen molar-refractivity contribution in [2.24, 2.45) is 0 Å². The largest absolute Gasteiger partial charge is 0.481 e. The molecule has 0 saturated carbocycles. The number of imidazole rings is 1. The highest BCUT2D eigenvalue weighted by Gasteiger charge is 2.07. The lowest BCUT2D eigenvalue weighted by Gasteiger charge is -1.95.